The molecule has 0 aliphatic rings. The minimum atomic E-state index is 0.854. The summed E-state index contributed by atoms with van der Waals surface area (Å²) in [5, 5.41) is 6.42. The zero-order valence-electron chi connectivity index (χ0n) is 9.14. The third-order valence-electron chi connectivity index (χ3n) is 2.06. The minimum Gasteiger partial charge on any atom is -0.314 e. The lowest BCUT2D eigenvalue weighted by atomic mass is 10.4. The van der Waals surface area contributed by atoms with Gasteiger partial charge in [-0.3, -0.25) is 0 Å². The maximum atomic E-state index is 4.55. The molecule has 0 saturated heterocycles. The van der Waals surface area contributed by atoms with E-state index in [9.17, 15) is 0 Å². The van der Waals surface area contributed by atoms with Crippen LogP contribution in [0.3, 0.4) is 0 Å². The Hall–Kier alpha value is -0.840. The Bertz CT molecular complexity index is 426. The topological polar surface area (TPSA) is 24.9 Å². The van der Waals surface area contributed by atoms with E-state index in [1.165, 1.54) is 9.90 Å². The first-order chi connectivity index (χ1) is 7.88. The quantitative estimate of drug-likeness (QED) is 0.825. The van der Waals surface area contributed by atoms with E-state index in [0.29, 0.717) is 0 Å². The Kier molecular flexibility index (Phi) is 4.39. The molecule has 0 amide bonds. The van der Waals surface area contributed by atoms with E-state index in [0.717, 1.165) is 18.0 Å². The summed E-state index contributed by atoms with van der Waals surface area (Å²) in [6.07, 6.45) is 0. The fourth-order valence-electron chi connectivity index (χ4n) is 1.34. The Balaban J connectivity index is 1.89. The van der Waals surface area contributed by atoms with Gasteiger partial charge in [-0.2, -0.15) is 0 Å². The molecular weight excluding hydrogens is 236 g/mol. The summed E-state index contributed by atoms with van der Waals surface area (Å²) in [7, 11) is 1.94. The average molecular weight is 250 g/mol. The highest BCUT2D eigenvalue weighted by Crippen LogP contribution is 2.23. The van der Waals surface area contributed by atoms with Crippen LogP contribution in [-0.4, -0.2) is 12.0 Å². The smallest absolute Gasteiger partial charge is 0.103 e. The maximum absolute atomic E-state index is 4.55. The Morgan fingerprint density at radius 2 is 2.12 bits per heavy atom. The zero-order valence-corrected chi connectivity index (χ0v) is 10.8. The molecule has 4 heteroatoms. The molecule has 0 saturated carbocycles. The van der Waals surface area contributed by atoms with E-state index < -0.39 is 0 Å². The molecule has 0 atom stereocenters. The van der Waals surface area contributed by atoms with Crippen molar-refractivity contribution in [2.24, 2.45) is 0 Å². The van der Waals surface area contributed by atoms with Gasteiger partial charge < -0.3 is 5.32 Å². The van der Waals surface area contributed by atoms with Crippen molar-refractivity contribution in [2.45, 2.75) is 17.2 Å². The van der Waals surface area contributed by atoms with E-state index in [2.05, 4.69) is 39.9 Å². The van der Waals surface area contributed by atoms with Crippen LogP contribution in [0.25, 0.3) is 0 Å². The number of nitrogens with one attached hydrogen (secondary N) is 1. The van der Waals surface area contributed by atoms with Crippen LogP contribution in [0.4, 0.5) is 0 Å². The Labute approximate surface area is 104 Å². The molecule has 2 aromatic rings. The van der Waals surface area contributed by atoms with Gasteiger partial charge in [0.05, 0.1) is 11.4 Å². The van der Waals surface area contributed by atoms with Crippen LogP contribution >= 0.6 is 23.1 Å². The van der Waals surface area contributed by atoms with Gasteiger partial charge in [-0.05, 0) is 19.2 Å². The summed E-state index contributed by atoms with van der Waals surface area (Å²) in [6, 6.07) is 10.4. The van der Waals surface area contributed by atoms with Crippen molar-refractivity contribution in [2.75, 3.05) is 7.05 Å². The third-order valence-corrected chi connectivity index (χ3v) is 4.17. The van der Waals surface area contributed by atoms with Gasteiger partial charge in [0.2, 0.25) is 0 Å². The van der Waals surface area contributed by atoms with Crippen molar-refractivity contribution in [1.82, 2.24) is 10.3 Å². The van der Waals surface area contributed by atoms with Gasteiger partial charge >= 0.3 is 0 Å². The molecule has 1 aromatic heterocycles. The minimum absolute atomic E-state index is 0.854. The first kappa shape index (κ1) is 11.6. The van der Waals surface area contributed by atoms with Crippen molar-refractivity contribution in [3.8, 4) is 0 Å². The van der Waals surface area contributed by atoms with Gasteiger partial charge in [0, 0.05) is 16.8 Å². The second kappa shape index (κ2) is 6.03. The van der Waals surface area contributed by atoms with E-state index in [4.69, 9.17) is 0 Å². The lowest BCUT2D eigenvalue weighted by Gasteiger charge is -1.97. The van der Waals surface area contributed by atoms with Crippen LogP contribution in [0.2, 0.25) is 0 Å². The predicted octanol–water partition coefficient (Wildman–Crippen LogP) is 3.15. The van der Waals surface area contributed by atoms with Crippen LogP contribution in [0.1, 0.15) is 10.7 Å². The molecule has 2 nitrogen and oxygen atoms in total. The summed E-state index contributed by atoms with van der Waals surface area (Å²) in [6.45, 7) is 0.854. The molecule has 0 unspecified atom stereocenters. The van der Waals surface area contributed by atoms with Crippen LogP contribution in [0, 0.1) is 0 Å². The van der Waals surface area contributed by atoms with E-state index in [-0.39, 0.29) is 0 Å². The highest BCUT2D eigenvalue weighted by Gasteiger charge is 2.01. The fraction of sp³-hybridized carbons (Fsp3) is 0.250. The SMILES string of the molecule is CNCc1csc(CSc2ccccc2)n1. The van der Waals surface area contributed by atoms with Gasteiger partial charge in [0.15, 0.2) is 0 Å². The molecule has 16 heavy (non-hydrogen) atoms. The predicted molar refractivity (Wildman–Crippen MR) is 70.9 cm³/mol. The van der Waals surface area contributed by atoms with E-state index in [1.54, 1.807) is 11.3 Å². The largest absolute Gasteiger partial charge is 0.314 e. The van der Waals surface area contributed by atoms with Crippen molar-refractivity contribution >= 4 is 23.1 Å². The molecule has 84 valence electrons. The van der Waals surface area contributed by atoms with Crippen LogP contribution in [0.5, 0.6) is 0 Å². The monoisotopic (exact) mass is 250 g/mol. The summed E-state index contributed by atoms with van der Waals surface area (Å²) < 4.78 is 0. The van der Waals surface area contributed by atoms with Crippen molar-refractivity contribution in [1.29, 1.82) is 0 Å². The summed E-state index contributed by atoms with van der Waals surface area (Å²) in [5.41, 5.74) is 1.14. The number of aromatic nitrogens is 1. The van der Waals surface area contributed by atoms with Crippen LogP contribution in [0.15, 0.2) is 40.6 Å². The molecule has 1 heterocycles. The molecule has 0 fully saturated rings. The second-order valence-electron chi connectivity index (χ2n) is 3.36. The van der Waals surface area contributed by atoms with E-state index >= 15 is 0 Å². The van der Waals surface area contributed by atoms with Gasteiger partial charge in [0.25, 0.3) is 0 Å². The van der Waals surface area contributed by atoms with Crippen molar-refractivity contribution in [3.05, 3.63) is 46.4 Å². The van der Waals surface area contributed by atoms with Crippen molar-refractivity contribution in [3.63, 3.8) is 0 Å². The third kappa shape index (κ3) is 3.33. The van der Waals surface area contributed by atoms with Crippen LogP contribution < -0.4 is 5.32 Å². The Morgan fingerprint density at radius 3 is 2.88 bits per heavy atom. The summed E-state index contributed by atoms with van der Waals surface area (Å²) in [4.78, 5) is 5.85. The Morgan fingerprint density at radius 1 is 1.31 bits per heavy atom. The van der Waals surface area contributed by atoms with Gasteiger partial charge in [-0.25, -0.2) is 4.98 Å². The normalized spacial score (nSPS) is 10.6. The number of benzene rings is 1. The number of hydrogen-bond acceptors (Lipinski definition) is 4. The van der Waals surface area contributed by atoms with Gasteiger partial charge in [-0.15, -0.1) is 23.1 Å². The fourth-order valence-corrected chi connectivity index (χ4v) is 3.07. The van der Waals surface area contributed by atoms with Gasteiger partial charge in [-0.1, -0.05) is 18.2 Å². The number of nitrogens with zero attached hydrogens (tertiary/aromatic N) is 1. The summed E-state index contributed by atoms with van der Waals surface area (Å²) >= 11 is 3.57. The lowest BCUT2D eigenvalue weighted by molar-refractivity contribution is 0.794. The average Bonchev–Trinajstić information content (AvgIpc) is 2.76. The molecule has 1 N–H and O–H groups in total. The number of thiazole rings is 1. The van der Waals surface area contributed by atoms with Crippen molar-refractivity contribution < 1.29 is 0 Å². The maximum Gasteiger partial charge on any atom is 0.103 e. The van der Waals surface area contributed by atoms with E-state index in [1.807, 2.05) is 24.9 Å². The molecule has 0 aliphatic heterocycles. The molecule has 0 spiro atoms. The first-order valence-corrected chi connectivity index (χ1v) is 7.01. The summed E-state index contributed by atoms with van der Waals surface area (Å²) in [5.74, 6) is 0.957. The molecule has 2 rings (SSSR count). The van der Waals surface area contributed by atoms with Crippen LogP contribution in [-0.2, 0) is 12.3 Å². The first-order valence-electron chi connectivity index (χ1n) is 5.14. The number of rotatable bonds is 5. The molecule has 1 aromatic carbocycles. The molecule has 0 bridgehead atoms. The number of hydrogen-bond donors (Lipinski definition) is 1. The molecule has 0 radical (unpaired) electrons. The molecular formula is C12H14N2S2. The second-order valence-corrected chi connectivity index (χ2v) is 5.36. The zero-order chi connectivity index (χ0) is 11.2. The highest BCUT2D eigenvalue weighted by molar-refractivity contribution is 7.98. The molecule has 0 aliphatic carbocycles. The number of thioether (sulfide) groups is 1. The van der Waals surface area contributed by atoms with Gasteiger partial charge in [0.1, 0.15) is 5.01 Å². The lowest BCUT2D eigenvalue weighted by Crippen LogP contribution is -2.05. The standard InChI is InChI=1S/C12H14N2S2/c1-13-7-10-8-16-12(14-10)9-15-11-5-3-2-4-6-11/h2-6,8,13H,7,9H2,1H3. The highest BCUT2D eigenvalue weighted by atomic mass is 32.2.